The van der Waals surface area contributed by atoms with E-state index >= 15 is 0 Å². The van der Waals surface area contributed by atoms with E-state index in [9.17, 15) is 0 Å². The summed E-state index contributed by atoms with van der Waals surface area (Å²) in [4.78, 5) is 4.20. The second-order valence-corrected chi connectivity index (χ2v) is 4.62. The van der Waals surface area contributed by atoms with E-state index in [0.29, 0.717) is 5.01 Å². The summed E-state index contributed by atoms with van der Waals surface area (Å²) in [5, 5.41) is 18.9. The molecule has 0 spiro atoms. The normalized spacial score (nSPS) is 8.74. The van der Waals surface area contributed by atoms with E-state index in [-0.39, 0.29) is 51.4 Å². The summed E-state index contributed by atoms with van der Waals surface area (Å²) in [5.74, 6) is 0. The van der Waals surface area contributed by atoms with E-state index in [1.807, 2.05) is 12.1 Å². The summed E-state index contributed by atoms with van der Waals surface area (Å²) in [6.07, 6.45) is 2.36. The SMILES string of the molecule is CCCCNc1ccc2nc(C#N)sc2c1.[C-]#N.[K+]. The summed E-state index contributed by atoms with van der Waals surface area (Å²) in [7, 11) is 0. The van der Waals surface area contributed by atoms with Gasteiger partial charge in [-0.25, -0.2) is 4.98 Å². The van der Waals surface area contributed by atoms with Gasteiger partial charge in [0.2, 0.25) is 0 Å². The van der Waals surface area contributed by atoms with Crippen LogP contribution in [0.3, 0.4) is 0 Å². The number of benzene rings is 1. The number of rotatable bonds is 4. The van der Waals surface area contributed by atoms with Crippen LogP contribution in [0, 0.1) is 23.2 Å². The van der Waals surface area contributed by atoms with Gasteiger partial charge in [-0.1, -0.05) is 13.3 Å². The van der Waals surface area contributed by atoms with Crippen molar-refractivity contribution in [1.29, 1.82) is 10.5 Å². The van der Waals surface area contributed by atoms with Crippen LogP contribution in [-0.4, -0.2) is 11.5 Å². The van der Waals surface area contributed by atoms with Crippen LogP contribution in [0.15, 0.2) is 18.2 Å². The number of unbranched alkanes of at least 4 members (excludes halogenated alkanes) is 1. The molecule has 0 aliphatic heterocycles. The van der Waals surface area contributed by atoms with Crippen molar-refractivity contribution >= 4 is 27.2 Å². The fourth-order valence-corrected chi connectivity index (χ4v) is 2.29. The molecular weight excluding hydrogens is 283 g/mol. The molecule has 0 radical (unpaired) electrons. The third kappa shape index (κ3) is 5.58. The minimum absolute atomic E-state index is 0. The summed E-state index contributed by atoms with van der Waals surface area (Å²) in [6, 6.07) is 8.11. The smallest absolute Gasteiger partial charge is 0.512 e. The molecule has 0 atom stereocenters. The molecule has 2 rings (SSSR count). The first-order chi connectivity index (χ1) is 8.83. The van der Waals surface area contributed by atoms with E-state index in [1.165, 1.54) is 24.2 Å². The molecule has 92 valence electrons. The largest absolute Gasteiger partial charge is 1.00 e. The Labute approximate surface area is 159 Å². The summed E-state index contributed by atoms with van der Waals surface area (Å²) >= 11 is 1.44. The van der Waals surface area contributed by atoms with Crippen molar-refractivity contribution in [3.63, 3.8) is 0 Å². The molecule has 0 fully saturated rings. The predicted octanol–water partition coefficient (Wildman–Crippen LogP) is 0.480. The van der Waals surface area contributed by atoms with Gasteiger partial charge in [0.15, 0.2) is 5.01 Å². The Morgan fingerprint density at radius 3 is 2.79 bits per heavy atom. The molecule has 6 heteroatoms. The summed E-state index contributed by atoms with van der Waals surface area (Å²) in [5.41, 5.74) is 2.01. The number of fused-ring (bicyclic) bond motifs is 1. The van der Waals surface area contributed by atoms with Crippen LogP contribution in [0.2, 0.25) is 0 Å². The monoisotopic (exact) mass is 296 g/mol. The van der Waals surface area contributed by atoms with Crippen LogP contribution in [0.4, 0.5) is 5.69 Å². The zero-order chi connectivity index (χ0) is 13.4. The number of aromatic nitrogens is 1. The predicted molar refractivity (Wildman–Crippen MR) is 72.7 cm³/mol. The van der Waals surface area contributed by atoms with Crippen LogP contribution in [0.25, 0.3) is 10.2 Å². The van der Waals surface area contributed by atoms with E-state index < -0.39 is 0 Å². The number of nitrogens with one attached hydrogen (secondary N) is 1. The van der Waals surface area contributed by atoms with Gasteiger partial charge in [-0.05, 0) is 24.6 Å². The number of hydrogen-bond acceptors (Lipinski definition) is 5. The maximum atomic E-state index is 8.76. The van der Waals surface area contributed by atoms with Crippen molar-refractivity contribution in [3.05, 3.63) is 29.8 Å². The molecule has 2 aromatic rings. The topological polar surface area (TPSA) is 72.5 Å². The van der Waals surface area contributed by atoms with Gasteiger partial charge in [0.25, 0.3) is 0 Å². The summed E-state index contributed by atoms with van der Waals surface area (Å²) in [6.45, 7) is 7.92. The van der Waals surface area contributed by atoms with E-state index in [0.717, 1.165) is 22.4 Å². The van der Waals surface area contributed by atoms with Crippen LogP contribution in [-0.2, 0) is 0 Å². The van der Waals surface area contributed by atoms with Crippen LogP contribution < -0.4 is 56.7 Å². The van der Waals surface area contributed by atoms with E-state index in [1.54, 1.807) is 0 Å². The Morgan fingerprint density at radius 2 is 2.16 bits per heavy atom. The number of anilines is 1. The second kappa shape index (κ2) is 10.3. The first-order valence-corrected chi connectivity index (χ1v) is 6.42. The Kier molecular flexibility index (Phi) is 10.1. The average molecular weight is 296 g/mol. The number of hydrogen-bond donors (Lipinski definition) is 1. The molecule has 0 saturated heterocycles. The zero-order valence-electron chi connectivity index (χ0n) is 11.1. The molecule has 1 aromatic heterocycles. The van der Waals surface area contributed by atoms with Gasteiger partial charge in [-0.3, -0.25) is 0 Å². The third-order valence-electron chi connectivity index (χ3n) is 2.34. The molecule has 0 unspecified atom stereocenters. The molecule has 4 nitrogen and oxygen atoms in total. The zero-order valence-corrected chi connectivity index (χ0v) is 15.0. The number of thiazole rings is 1. The van der Waals surface area contributed by atoms with Gasteiger partial charge in [0.1, 0.15) is 6.07 Å². The minimum Gasteiger partial charge on any atom is -0.512 e. The van der Waals surface area contributed by atoms with Crippen molar-refractivity contribution in [2.45, 2.75) is 19.8 Å². The molecule has 1 aromatic carbocycles. The Hall–Kier alpha value is -0.474. The van der Waals surface area contributed by atoms with Gasteiger partial charge in [-0.15, -0.1) is 11.3 Å². The van der Waals surface area contributed by atoms with Crippen LogP contribution in [0.5, 0.6) is 0 Å². The summed E-state index contributed by atoms with van der Waals surface area (Å²) < 4.78 is 1.07. The molecule has 0 amide bonds. The van der Waals surface area contributed by atoms with Gasteiger partial charge in [0, 0.05) is 12.2 Å². The second-order valence-electron chi connectivity index (χ2n) is 3.59. The van der Waals surface area contributed by atoms with Crippen molar-refractivity contribution in [1.82, 2.24) is 4.98 Å². The van der Waals surface area contributed by atoms with Gasteiger partial charge >= 0.3 is 51.4 Å². The van der Waals surface area contributed by atoms with Crippen molar-refractivity contribution in [3.8, 4) is 6.07 Å². The van der Waals surface area contributed by atoms with Gasteiger partial charge < -0.3 is 17.2 Å². The first-order valence-electron chi connectivity index (χ1n) is 5.60. The van der Waals surface area contributed by atoms with Gasteiger partial charge in [-0.2, -0.15) is 5.26 Å². The first kappa shape index (κ1) is 18.5. The van der Waals surface area contributed by atoms with E-state index in [2.05, 4.69) is 29.4 Å². The molecular formula is C13H13KN4S. The maximum absolute atomic E-state index is 8.76. The molecule has 1 heterocycles. The van der Waals surface area contributed by atoms with Crippen molar-refractivity contribution < 1.29 is 51.4 Å². The maximum Gasteiger partial charge on any atom is 1.00 e. The molecule has 19 heavy (non-hydrogen) atoms. The number of nitrogens with zero attached hydrogens (tertiary/aromatic N) is 3. The van der Waals surface area contributed by atoms with E-state index in [4.69, 9.17) is 17.1 Å². The molecule has 1 N–H and O–H groups in total. The fraction of sp³-hybridized carbons (Fsp3) is 0.308. The molecule has 0 aliphatic rings. The molecule has 0 bridgehead atoms. The van der Waals surface area contributed by atoms with Crippen molar-refractivity contribution in [2.75, 3.05) is 11.9 Å². The Balaban J connectivity index is 0.00000103. The Bertz CT molecular complexity index is 571. The Morgan fingerprint density at radius 1 is 1.42 bits per heavy atom. The minimum atomic E-state index is 0. The van der Waals surface area contributed by atoms with Crippen molar-refractivity contribution in [2.24, 2.45) is 0 Å². The van der Waals surface area contributed by atoms with Crippen LogP contribution in [0.1, 0.15) is 24.8 Å². The average Bonchev–Trinajstić information content (AvgIpc) is 2.83. The molecule has 0 saturated carbocycles. The molecule has 0 aliphatic carbocycles. The number of nitriles is 1. The quantitative estimate of drug-likeness (QED) is 0.506. The third-order valence-corrected chi connectivity index (χ3v) is 3.27. The standard InChI is InChI=1S/C12H13N3S.CN.K/c1-2-3-6-14-9-4-5-10-11(7-9)16-12(8-13)15-10;1-2;/h4-5,7,14H,2-3,6H2,1H3;;/q;-1;+1. The van der Waals surface area contributed by atoms with Gasteiger partial charge in [0.05, 0.1) is 10.2 Å². The van der Waals surface area contributed by atoms with Crippen LogP contribution >= 0.6 is 11.3 Å². The fourth-order valence-electron chi connectivity index (χ4n) is 1.49.